The first-order valence-corrected chi connectivity index (χ1v) is 8.21. The predicted octanol–water partition coefficient (Wildman–Crippen LogP) is 1.35. The summed E-state index contributed by atoms with van der Waals surface area (Å²) in [6.07, 6.45) is 2.67. The Kier molecular flexibility index (Phi) is 6.66. The predicted molar refractivity (Wildman–Crippen MR) is 86.1 cm³/mol. The van der Waals surface area contributed by atoms with Gasteiger partial charge in [-0.15, -0.1) is 0 Å². The summed E-state index contributed by atoms with van der Waals surface area (Å²) in [5.74, 6) is -1.55. The monoisotopic (exact) mass is 339 g/mol. The zero-order chi connectivity index (χ0) is 17.5. The molecule has 1 aromatic rings. The lowest BCUT2D eigenvalue weighted by Gasteiger charge is -2.36. The van der Waals surface area contributed by atoms with E-state index in [1.54, 1.807) is 4.90 Å². The third-order valence-electron chi connectivity index (χ3n) is 4.20. The van der Waals surface area contributed by atoms with E-state index in [0.29, 0.717) is 13.1 Å². The van der Waals surface area contributed by atoms with Gasteiger partial charge in [-0.05, 0) is 37.5 Å². The van der Waals surface area contributed by atoms with Crippen molar-refractivity contribution in [3.63, 3.8) is 0 Å². The maximum absolute atomic E-state index is 13.7. The van der Waals surface area contributed by atoms with Gasteiger partial charge in [0, 0.05) is 37.7 Å². The van der Waals surface area contributed by atoms with Crippen molar-refractivity contribution in [1.82, 2.24) is 10.2 Å². The molecule has 0 bridgehead atoms. The van der Waals surface area contributed by atoms with E-state index in [1.165, 1.54) is 0 Å². The van der Waals surface area contributed by atoms with Crippen molar-refractivity contribution < 1.29 is 18.4 Å². The van der Waals surface area contributed by atoms with Gasteiger partial charge < -0.3 is 16.0 Å². The molecule has 2 amide bonds. The van der Waals surface area contributed by atoms with E-state index in [2.05, 4.69) is 5.32 Å². The fourth-order valence-corrected chi connectivity index (χ4v) is 2.94. The summed E-state index contributed by atoms with van der Waals surface area (Å²) in [5.41, 5.74) is 5.39. The van der Waals surface area contributed by atoms with Crippen LogP contribution in [-0.4, -0.2) is 42.4 Å². The highest BCUT2D eigenvalue weighted by Gasteiger charge is 2.27. The summed E-state index contributed by atoms with van der Waals surface area (Å²) < 4.78 is 27.0. The summed E-state index contributed by atoms with van der Waals surface area (Å²) in [6.45, 7) is 1.20. The van der Waals surface area contributed by atoms with Gasteiger partial charge in [0.25, 0.3) is 0 Å². The Morgan fingerprint density at radius 3 is 2.83 bits per heavy atom. The molecule has 2 rings (SSSR count). The third kappa shape index (κ3) is 4.99. The highest BCUT2D eigenvalue weighted by atomic mass is 19.1. The quantitative estimate of drug-likeness (QED) is 0.822. The first-order valence-electron chi connectivity index (χ1n) is 8.21. The van der Waals surface area contributed by atoms with Crippen LogP contribution in [-0.2, 0) is 16.0 Å². The van der Waals surface area contributed by atoms with Crippen molar-refractivity contribution in [2.24, 2.45) is 5.73 Å². The van der Waals surface area contributed by atoms with Gasteiger partial charge in [-0.1, -0.05) is 0 Å². The lowest BCUT2D eigenvalue weighted by Crippen LogP contribution is -2.50. The van der Waals surface area contributed by atoms with Gasteiger partial charge in [-0.2, -0.15) is 0 Å². The highest BCUT2D eigenvalue weighted by molar-refractivity contribution is 5.79. The van der Waals surface area contributed by atoms with Gasteiger partial charge in [-0.25, -0.2) is 8.78 Å². The van der Waals surface area contributed by atoms with E-state index >= 15 is 0 Å². The van der Waals surface area contributed by atoms with Crippen LogP contribution in [0.1, 0.15) is 31.2 Å². The first kappa shape index (κ1) is 18.3. The second-order valence-electron chi connectivity index (χ2n) is 5.99. The number of hydrogen-bond donors (Lipinski definition) is 2. The molecule has 7 heteroatoms. The number of nitrogens with zero attached hydrogens (tertiary/aromatic N) is 1. The van der Waals surface area contributed by atoms with Crippen molar-refractivity contribution in [3.05, 3.63) is 35.4 Å². The van der Waals surface area contributed by atoms with E-state index in [9.17, 15) is 18.4 Å². The molecule has 0 saturated carbocycles. The molecule has 5 nitrogen and oxygen atoms in total. The number of halogens is 2. The minimum Gasteiger partial charge on any atom is -0.354 e. The summed E-state index contributed by atoms with van der Waals surface area (Å²) in [7, 11) is 0. The average molecular weight is 339 g/mol. The Morgan fingerprint density at radius 2 is 2.08 bits per heavy atom. The van der Waals surface area contributed by atoms with Crippen LogP contribution in [0.4, 0.5) is 8.78 Å². The number of carbonyl (C=O) groups is 2. The molecule has 1 unspecified atom stereocenters. The number of rotatable bonds is 6. The zero-order valence-electron chi connectivity index (χ0n) is 13.6. The first-order chi connectivity index (χ1) is 11.5. The van der Waals surface area contributed by atoms with Crippen LogP contribution in [0.5, 0.6) is 0 Å². The van der Waals surface area contributed by atoms with Crippen LogP contribution in [0.2, 0.25) is 0 Å². The molecule has 1 atom stereocenters. The fraction of sp³-hybridized carbons (Fsp3) is 0.529. The van der Waals surface area contributed by atoms with Gasteiger partial charge in [0.15, 0.2) is 0 Å². The van der Waals surface area contributed by atoms with E-state index in [1.807, 2.05) is 0 Å². The smallest absolute Gasteiger partial charge is 0.227 e. The maximum atomic E-state index is 13.7. The maximum Gasteiger partial charge on any atom is 0.227 e. The lowest BCUT2D eigenvalue weighted by molar-refractivity contribution is -0.134. The molecule has 132 valence electrons. The van der Waals surface area contributed by atoms with E-state index in [-0.39, 0.29) is 42.8 Å². The number of hydrogen-bond acceptors (Lipinski definition) is 3. The number of carbonyl (C=O) groups excluding carboxylic acids is 2. The molecule has 0 spiro atoms. The molecule has 1 aromatic carbocycles. The fourth-order valence-electron chi connectivity index (χ4n) is 2.94. The number of amides is 2. The number of benzene rings is 1. The molecule has 0 aliphatic carbocycles. The number of nitrogens with one attached hydrogen (secondary N) is 1. The lowest BCUT2D eigenvalue weighted by atomic mass is 10.0. The van der Waals surface area contributed by atoms with Crippen molar-refractivity contribution in [2.45, 2.75) is 38.1 Å². The molecular weight excluding hydrogens is 316 g/mol. The molecule has 1 aliphatic rings. The molecule has 1 aliphatic heterocycles. The normalized spacial score (nSPS) is 17.6. The molecule has 0 radical (unpaired) electrons. The molecule has 0 aromatic heterocycles. The Bertz CT molecular complexity index is 595. The summed E-state index contributed by atoms with van der Waals surface area (Å²) in [6, 6.07) is 2.98. The molecule has 24 heavy (non-hydrogen) atoms. The minimum absolute atomic E-state index is 0.0523. The number of likely N-dealkylation sites (tertiary alicyclic amines) is 1. The number of piperidine rings is 1. The summed E-state index contributed by atoms with van der Waals surface area (Å²) in [5, 5.41) is 2.78. The van der Waals surface area contributed by atoms with E-state index in [4.69, 9.17) is 5.73 Å². The number of nitrogens with two attached hydrogens (primary N) is 1. The van der Waals surface area contributed by atoms with Crippen molar-refractivity contribution in [2.75, 3.05) is 19.6 Å². The standard InChI is InChI=1S/C17H23F2N3O2/c18-13-4-5-15(19)12(9-13)10-17(24)22-8-2-1-3-14(22)11-21-16(23)6-7-20/h4-5,9,14H,1-3,6-8,10-11,20H2,(H,21,23). The van der Waals surface area contributed by atoms with E-state index in [0.717, 1.165) is 37.5 Å². The Balaban J connectivity index is 1.99. The minimum atomic E-state index is -0.588. The Hall–Kier alpha value is -2.02. The molecule has 1 saturated heterocycles. The van der Waals surface area contributed by atoms with Crippen LogP contribution in [0.25, 0.3) is 0 Å². The summed E-state index contributed by atoms with van der Waals surface area (Å²) in [4.78, 5) is 25.7. The largest absolute Gasteiger partial charge is 0.354 e. The SMILES string of the molecule is NCCC(=O)NCC1CCCCN1C(=O)Cc1cc(F)ccc1F. The second-order valence-corrected chi connectivity index (χ2v) is 5.99. The van der Waals surface area contributed by atoms with Crippen LogP contribution >= 0.6 is 0 Å². The van der Waals surface area contributed by atoms with Gasteiger partial charge >= 0.3 is 0 Å². The Labute approximate surface area is 140 Å². The molecular formula is C17H23F2N3O2. The van der Waals surface area contributed by atoms with Gasteiger partial charge in [-0.3, -0.25) is 9.59 Å². The topological polar surface area (TPSA) is 75.4 Å². The van der Waals surface area contributed by atoms with E-state index < -0.39 is 11.6 Å². The zero-order valence-corrected chi connectivity index (χ0v) is 13.6. The molecule has 1 fully saturated rings. The van der Waals surface area contributed by atoms with Gasteiger partial charge in [0.2, 0.25) is 11.8 Å². The van der Waals surface area contributed by atoms with Gasteiger partial charge in [0.1, 0.15) is 11.6 Å². The van der Waals surface area contributed by atoms with Crippen molar-refractivity contribution in [3.8, 4) is 0 Å². The molecule has 1 heterocycles. The van der Waals surface area contributed by atoms with Crippen LogP contribution < -0.4 is 11.1 Å². The van der Waals surface area contributed by atoms with Crippen molar-refractivity contribution in [1.29, 1.82) is 0 Å². The van der Waals surface area contributed by atoms with Crippen molar-refractivity contribution >= 4 is 11.8 Å². The highest BCUT2D eigenvalue weighted by Crippen LogP contribution is 2.19. The Morgan fingerprint density at radius 1 is 1.29 bits per heavy atom. The van der Waals surface area contributed by atoms with Crippen LogP contribution in [0, 0.1) is 11.6 Å². The van der Waals surface area contributed by atoms with Crippen LogP contribution in [0.15, 0.2) is 18.2 Å². The summed E-state index contributed by atoms with van der Waals surface area (Å²) >= 11 is 0. The molecule has 3 N–H and O–H groups in total. The van der Waals surface area contributed by atoms with Crippen LogP contribution in [0.3, 0.4) is 0 Å². The second kappa shape index (κ2) is 8.73. The van der Waals surface area contributed by atoms with Gasteiger partial charge in [0.05, 0.1) is 6.42 Å². The average Bonchev–Trinajstić information content (AvgIpc) is 2.57. The third-order valence-corrected chi connectivity index (χ3v) is 4.20.